The van der Waals surface area contributed by atoms with Gasteiger partial charge in [0.05, 0.1) is 0 Å². The molecule has 1 aromatic carbocycles. The summed E-state index contributed by atoms with van der Waals surface area (Å²) in [5.74, 6) is -0.169. The molecule has 0 radical (unpaired) electrons. The van der Waals surface area contributed by atoms with E-state index in [-0.39, 0.29) is 22.7 Å². The molecule has 0 aliphatic carbocycles. The molecule has 2 rings (SSSR count). The fourth-order valence-corrected chi connectivity index (χ4v) is 2.83. The lowest BCUT2D eigenvalue weighted by Crippen LogP contribution is -2.25. The molecule has 0 fully saturated rings. The number of nitrogens with one attached hydrogen (secondary N) is 3. The summed E-state index contributed by atoms with van der Waals surface area (Å²) in [5, 5.41) is 3.81. The molecular weight excluding hydrogens is 357 g/mol. The summed E-state index contributed by atoms with van der Waals surface area (Å²) in [6.07, 6.45) is 0.521. The Morgan fingerprint density at radius 1 is 1.30 bits per heavy atom. The summed E-state index contributed by atoms with van der Waals surface area (Å²) in [6, 6.07) is 5.10. The van der Waals surface area contributed by atoms with Crippen LogP contribution in [0.1, 0.15) is 23.2 Å². The molecule has 122 valence electrons. The fourth-order valence-electron chi connectivity index (χ4n) is 2.11. The zero-order valence-corrected chi connectivity index (χ0v) is 14.7. The van der Waals surface area contributed by atoms with Gasteiger partial charge in [-0.25, -0.2) is 0 Å². The van der Waals surface area contributed by atoms with Crippen LogP contribution >= 0.6 is 35.4 Å². The Morgan fingerprint density at radius 2 is 2.04 bits per heavy atom. The molecule has 1 aromatic heterocycles. The zero-order valence-electron chi connectivity index (χ0n) is 12.3. The van der Waals surface area contributed by atoms with Gasteiger partial charge in [-0.1, -0.05) is 29.3 Å². The average molecular weight is 372 g/mol. The van der Waals surface area contributed by atoms with Gasteiger partial charge in [0, 0.05) is 34.3 Å². The molecule has 3 N–H and O–H groups in total. The van der Waals surface area contributed by atoms with Crippen LogP contribution in [0.25, 0.3) is 0 Å². The van der Waals surface area contributed by atoms with E-state index in [1.807, 2.05) is 0 Å². The molecule has 23 heavy (non-hydrogen) atoms. The minimum absolute atomic E-state index is 0.169. The first-order valence-corrected chi connectivity index (χ1v) is 8.06. The zero-order chi connectivity index (χ0) is 17.0. The Morgan fingerprint density at radius 3 is 2.70 bits per heavy atom. The summed E-state index contributed by atoms with van der Waals surface area (Å²) < 4.78 is 0.276. The first-order chi connectivity index (χ1) is 10.9. The van der Waals surface area contributed by atoms with Gasteiger partial charge in [-0.2, -0.15) is 0 Å². The number of hydrogen-bond donors (Lipinski definition) is 3. The Bertz CT molecular complexity index is 845. The van der Waals surface area contributed by atoms with Crippen molar-refractivity contribution in [2.75, 3.05) is 0 Å². The van der Waals surface area contributed by atoms with E-state index in [2.05, 4.69) is 15.3 Å². The van der Waals surface area contributed by atoms with Crippen LogP contribution in [0.3, 0.4) is 0 Å². The second-order valence-corrected chi connectivity index (χ2v) is 6.28. The van der Waals surface area contributed by atoms with Gasteiger partial charge >= 0.3 is 0 Å². The highest BCUT2D eigenvalue weighted by molar-refractivity contribution is 7.71. The monoisotopic (exact) mass is 371 g/mol. The Kier molecular flexibility index (Phi) is 5.98. The van der Waals surface area contributed by atoms with Gasteiger partial charge in [0.15, 0.2) is 4.77 Å². The third-order valence-corrected chi connectivity index (χ3v) is 4.14. The number of amides is 1. The second kappa shape index (κ2) is 7.77. The van der Waals surface area contributed by atoms with Crippen LogP contribution < -0.4 is 10.9 Å². The van der Waals surface area contributed by atoms with Crippen molar-refractivity contribution in [3.8, 4) is 0 Å². The minimum Gasteiger partial charge on any atom is -0.352 e. The summed E-state index contributed by atoms with van der Waals surface area (Å²) in [5.41, 5.74) is 1.72. The van der Waals surface area contributed by atoms with Gasteiger partial charge in [0.1, 0.15) is 0 Å². The molecule has 0 aliphatic heterocycles. The molecule has 5 nitrogen and oxygen atoms in total. The first kappa shape index (κ1) is 17.7. The van der Waals surface area contributed by atoms with E-state index in [0.717, 1.165) is 5.56 Å². The number of H-pyrrole nitrogens is 2. The van der Waals surface area contributed by atoms with E-state index in [1.165, 1.54) is 0 Å². The lowest BCUT2D eigenvalue weighted by molar-refractivity contribution is -0.121. The van der Waals surface area contributed by atoms with Crippen molar-refractivity contribution in [2.45, 2.75) is 26.3 Å². The average Bonchev–Trinajstić information content (AvgIpc) is 2.45. The van der Waals surface area contributed by atoms with E-state index in [1.54, 1.807) is 25.1 Å². The molecule has 0 bridgehead atoms. The van der Waals surface area contributed by atoms with E-state index >= 15 is 0 Å². The molecule has 1 heterocycles. The number of hydrogen-bond acceptors (Lipinski definition) is 3. The van der Waals surface area contributed by atoms with Gasteiger partial charge in [0.25, 0.3) is 5.56 Å². The first-order valence-electron chi connectivity index (χ1n) is 6.89. The number of benzene rings is 1. The lowest BCUT2D eigenvalue weighted by atomic mass is 10.1. The third kappa shape index (κ3) is 4.92. The number of carbonyl (C=O) groups is 1. The van der Waals surface area contributed by atoms with Crippen molar-refractivity contribution in [3.63, 3.8) is 0 Å². The molecule has 0 unspecified atom stereocenters. The van der Waals surface area contributed by atoms with Crippen LogP contribution in [0.15, 0.2) is 23.0 Å². The lowest BCUT2D eigenvalue weighted by Gasteiger charge is -2.08. The minimum atomic E-state index is -0.264. The van der Waals surface area contributed by atoms with Crippen molar-refractivity contribution in [1.29, 1.82) is 0 Å². The number of aromatic amines is 2. The SMILES string of the molecule is Cc1[nH]c(=S)[nH]c(=O)c1CCC(=O)NCc1ccc(Cl)cc1Cl. The van der Waals surface area contributed by atoms with Gasteiger partial charge < -0.3 is 10.3 Å². The van der Waals surface area contributed by atoms with E-state index in [4.69, 9.17) is 35.4 Å². The highest BCUT2D eigenvalue weighted by atomic mass is 35.5. The maximum atomic E-state index is 11.9. The van der Waals surface area contributed by atoms with Gasteiger partial charge in [-0.05, 0) is 43.3 Å². The number of carbonyl (C=O) groups excluding carboxylic acids is 1. The molecule has 0 saturated heterocycles. The predicted octanol–water partition coefficient (Wildman–Crippen LogP) is 3.30. The quantitative estimate of drug-likeness (QED) is 0.705. The number of aromatic nitrogens is 2. The largest absolute Gasteiger partial charge is 0.352 e. The summed E-state index contributed by atoms with van der Waals surface area (Å²) >= 11 is 16.8. The maximum Gasteiger partial charge on any atom is 0.255 e. The van der Waals surface area contributed by atoms with Gasteiger partial charge in [-0.3, -0.25) is 14.6 Å². The van der Waals surface area contributed by atoms with Crippen LogP contribution in [0.4, 0.5) is 0 Å². The predicted molar refractivity (Wildman–Crippen MR) is 93.6 cm³/mol. The topological polar surface area (TPSA) is 77.8 Å². The van der Waals surface area contributed by atoms with Crippen molar-refractivity contribution < 1.29 is 4.79 Å². The van der Waals surface area contributed by atoms with E-state index in [9.17, 15) is 9.59 Å². The Balaban J connectivity index is 1.93. The standard InChI is InChI=1S/C15H15Cl2N3O2S/c1-8-11(14(22)20-15(23)19-8)4-5-13(21)18-7-9-2-3-10(16)6-12(9)17/h2-3,6H,4-5,7H2,1H3,(H,18,21)(H2,19,20,22,23). The van der Waals surface area contributed by atoms with Crippen molar-refractivity contribution in [3.05, 3.63) is 60.2 Å². The summed E-state index contributed by atoms with van der Waals surface area (Å²) in [4.78, 5) is 29.1. The normalized spacial score (nSPS) is 10.6. The molecule has 0 saturated carbocycles. The van der Waals surface area contributed by atoms with Crippen LogP contribution in [0.5, 0.6) is 0 Å². The van der Waals surface area contributed by atoms with Crippen LogP contribution in [0.2, 0.25) is 10.0 Å². The molecule has 0 atom stereocenters. The van der Waals surface area contributed by atoms with Crippen molar-refractivity contribution in [1.82, 2.24) is 15.3 Å². The van der Waals surface area contributed by atoms with Crippen LogP contribution in [-0.4, -0.2) is 15.9 Å². The molecule has 1 amide bonds. The fraction of sp³-hybridized carbons (Fsp3) is 0.267. The Labute approximate surface area is 148 Å². The summed E-state index contributed by atoms with van der Waals surface area (Å²) in [7, 11) is 0. The number of rotatable bonds is 5. The summed E-state index contributed by atoms with van der Waals surface area (Å²) in [6.45, 7) is 2.06. The maximum absolute atomic E-state index is 11.9. The molecule has 0 spiro atoms. The van der Waals surface area contributed by atoms with Crippen LogP contribution in [-0.2, 0) is 17.8 Å². The highest BCUT2D eigenvalue weighted by Gasteiger charge is 2.09. The Hall–Kier alpha value is -1.63. The molecule has 8 heteroatoms. The van der Waals surface area contributed by atoms with E-state index in [0.29, 0.717) is 34.3 Å². The van der Waals surface area contributed by atoms with Crippen LogP contribution in [0, 0.1) is 11.7 Å². The molecular formula is C15H15Cl2N3O2S. The van der Waals surface area contributed by atoms with Gasteiger partial charge in [0.2, 0.25) is 5.91 Å². The molecule has 2 aromatic rings. The number of aryl methyl sites for hydroxylation is 1. The highest BCUT2D eigenvalue weighted by Crippen LogP contribution is 2.20. The number of halogens is 2. The third-order valence-electron chi connectivity index (χ3n) is 3.35. The van der Waals surface area contributed by atoms with E-state index < -0.39 is 0 Å². The smallest absolute Gasteiger partial charge is 0.255 e. The second-order valence-electron chi connectivity index (χ2n) is 5.02. The van der Waals surface area contributed by atoms with Crippen molar-refractivity contribution >= 4 is 41.3 Å². The van der Waals surface area contributed by atoms with Gasteiger partial charge in [-0.15, -0.1) is 0 Å². The van der Waals surface area contributed by atoms with Crippen molar-refractivity contribution in [2.24, 2.45) is 0 Å². The molecule has 0 aliphatic rings.